The number of piperidine rings is 1. The molecule has 0 amide bonds. The van der Waals surface area contributed by atoms with Gasteiger partial charge in [-0.15, -0.1) is 0 Å². The second-order valence-corrected chi connectivity index (χ2v) is 5.32. The van der Waals surface area contributed by atoms with Crippen LogP contribution in [0.25, 0.3) is 0 Å². The summed E-state index contributed by atoms with van der Waals surface area (Å²) in [6.07, 6.45) is 2.37. The zero-order valence-corrected chi connectivity index (χ0v) is 10.5. The van der Waals surface area contributed by atoms with Gasteiger partial charge in [-0.25, -0.2) is 0 Å². The molecule has 0 radical (unpaired) electrons. The van der Waals surface area contributed by atoms with Crippen molar-refractivity contribution in [2.24, 2.45) is 5.73 Å². The van der Waals surface area contributed by atoms with Gasteiger partial charge in [-0.2, -0.15) is 0 Å². The average molecular weight is 231 g/mol. The fourth-order valence-electron chi connectivity index (χ4n) is 3.05. The van der Waals surface area contributed by atoms with Gasteiger partial charge in [0, 0.05) is 30.9 Å². The van der Waals surface area contributed by atoms with Gasteiger partial charge < -0.3 is 10.6 Å². The zero-order valence-electron chi connectivity index (χ0n) is 10.5. The number of fused-ring (bicyclic) bond motifs is 2. The number of piperazine rings is 1. The van der Waals surface area contributed by atoms with Crippen molar-refractivity contribution in [1.29, 1.82) is 0 Å². The minimum atomic E-state index is 0.734. The van der Waals surface area contributed by atoms with Crippen molar-refractivity contribution in [3.05, 3.63) is 29.8 Å². The maximum atomic E-state index is 5.56. The third-order valence-corrected chi connectivity index (χ3v) is 4.29. The standard InChI is InChI=1S/C14H21N3/c1-16-13-8-14(16)10-17(9-13)12-4-2-11(3-5-12)6-7-15/h2-5,13-14H,6-10,15H2,1H3. The van der Waals surface area contributed by atoms with Crippen LogP contribution in [0.5, 0.6) is 0 Å². The van der Waals surface area contributed by atoms with Gasteiger partial charge in [0.2, 0.25) is 0 Å². The molecule has 1 aromatic rings. The fourth-order valence-corrected chi connectivity index (χ4v) is 3.05. The Balaban J connectivity index is 1.68. The predicted octanol–water partition coefficient (Wildman–Crippen LogP) is 1.08. The van der Waals surface area contributed by atoms with Gasteiger partial charge in [0.05, 0.1) is 0 Å². The van der Waals surface area contributed by atoms with Gasteiger partial charge in [0.1, 0.15) is 0 Å². The van der Waals surface area contributed by atoms with Gasteiger partial charge in [-0.1, -0.05) is 12.1 Å². The summed E-state index contributed by atoms with van der Waals surface area (Å²) in [6, 6.07) is 10.5. The molecule has 3 aliphatic rings. The second kappa shape index (κ2) is 4.31. The molecule has 3 fully saturated rings. The Kier molecular flexibility index (Phi) is 2.81. The Morgan fingerprint density at radius 1 is 1.18 bits per heavy atom. The van der Waals surface area contributed by atoms with Crippen molar-refractivity contribution in [1.82, 2.24) is 4.90 Å². The summed E-state index contributed by atoms with van der Waals surface area (Å²) in [5.74, 6) is 0. The molecular formula is C14H21N3. The van der Waals surface area contributed by atoms with Crippen LogP contribution in [-0.4, -0.2) is 43.7 Å². The first kappa shape index (κ1) is 11.1. The van der Waals surface area contributed by atoms with Crippen LogP contribution in [0.4, 0.5) is 5.69 Å². The molecule has 17 heavy (non-hydrogen) atoms. The van der Waals surface area contributed by atoms with Crippen molar-refractivity contribution in [2.75, 3.05) is 31.6 Å². The average Bonchev–Trinajstić information content (AvgIpc) is 2.39. The van der Waals surface area contributed by atoms with Gasteiger partial charge in [0.15, 0.2) is 0 Å². The van der Waals surface area contributed by atoms with Crippen molar-refractivity contribution in [3.63, 3.8) is 0 Å². The smallest absolute Gasteiger partial charge is 0.0367 e. The van der Waals surface area contributed by atoms with Gasteiger partial charge in [0.25, 0.3) is 0 Å². The van der Waals surface area contributed by atoms with E-state index in [-0.39, 0.29) is 0 Å². The Labute approximate surface area is 103 Å². The third-order valence-electron chi connectivity index (χ3n) is 4.29. The molecule has 1 aromatic carbocycles. The van der Waals surface area contributed by atoms with Crippen molar-refractivity contribution >= 4 is 5.69 Å². The molecule has 0 aromatic heterocycles. The molecule has 0 spiro atoms. The van der Waals surface area contributed by atoms with Crippen LogP contribution in [0.1, 0.15) is 12.0 Å². The number of hydrogen-bond acceptors (Lipinski definition) is 3. The molecule has 4 rings (SSSR count). The lowest BCUT2D eigenvalue weighted by molar-refractivity contribution is 0.0264. The van der Waals surface area contributed by atoms with Gasteiger partial charge in [-0.3, -0.25) is 4.90 Å². The van der Waals surface area contributed by atoms with E-state index in [0.717, 1.165) is 25.0 Å². The first-order valence-electron chi connectivity index (χ1n) is 6.54. The molecule has 2 atom stereocenters. The highest BCUT2D eigenvalue weighted by molar-refractivity contribution is 5.49. The highest BCUT2D eigenvalue weighted by Gasteiger charge is 2.41. The molecule has 3 aliphatic heterocycles. The summed E-state index contributed by atoms with van der Waals surface area (Å²) in [5, 5.41) is 0. The van der Waals surface area contributed by atoms with E-state index in [9.17, 15) is 0 Å². The summed E-state index contributed by atoms with van der Waals surface area (Å²) in [5.41, 5.74) is 8.28. The van der Waals surface area contributed by atoms with E-state index in [1.807, 2.05) is 0 Å². The quantitative estimate of drug-likeness (QED) is 0.845. The molecule has 3 heterocycles. The van der Waals surface area contributed by atoms with Crippen LogP contribution in [0.15, 0.2) is 24.3 Å². The number of benzene rings is 1. The van der Waals surface area contributed by atoms with E-state index < -0.39 is 0 Å². The number of nitrogens with two attached hydrogens (primary N) is 1. The van der Waals surface area contributed by atoms with Crippen LogP contribution in [0.3, 0.4) is 0 Å². The van der Waals surface area contributed by atoms with E-state index in [0.29, 0.717) is 0 Å². The maximum Gasteiger partial charge on any atom is 0.0367 e. The van der Waals surface area contributed by atoms with Crippen LogP contribution < -0.4 is 10.6 Å². The lowest BCUT2D eigenvalue weighted by Gasteiger charge is -2.55. The molecule has 3 heteroatoms. The van der Waals surface area contributed by atoms with Crippen molar-refractivity contribution in [2.45, 2.75) is 24.9 Å². The molecule has 2 bridgehead atoms. The Hall–Kier alpha value is -1.06. The lowest BCUT2D eigenvalue weighted by Crippen LogP contribution is -2.67. The number of hydrogen-bond donors (Lipinski definition) is 1. The molecule has 0 saturated carbocycles. The fraction of sp³-hybridized carbons (Fsp3) is 0.571. The van der Waals surface area contributed by atoms with Gasteiger partial charge >= 0.3 is 0 Å². The topological polar surface area (TPSA) is 32.5 Å². The second-order valence-electron chi connectivity index (χ2n) is 5.32. The summed E-state index contributed by atoms with van der Waals surface area (Å²) in [4.78, 5) is 5.03. The first-order chi connectivity index (χ1) is 8.28. The van der Waals surface area contributed by atoms with Crippen molar-refractivity contribution in [3.8, 4) is 0 Å². The number of rotatable bonds is 3. The summed E-state index contributed by atoms with van der Waals surface area (Å²) in [7, 11) is 2.25. The largest absolute Gasteiger partial charge is 0.368 e. The zero-order chi connectivity index (χ0) is 11.8. The molecule has 2 N–H and O–H groups in total. The van der Waals surface area contributed by atoms with Crippen LogP contribution >= 0.6 is 0 Å². The molecule has 92 valence electrons. The SMILES string of the molecule is CN1C2CC1CN(c1ccc(CCN)cc1)C2. The summed E-state index contributed by atoms with van der Waals surface area (Å²) >= 11 is 0. The first-order valence-corrected chi connectivity index (χ1v) is 6.54. The predicted molar refractivity (Wildman–Crippen MR) is 71.4 cm³/mol. The summed E-state index contributed by atoms with van der Waals surface area (Å²) in [6.45, 7) is 3.10. The van der Waals surface area contributed by atoms with E-state index in [1.54, 1.807) is 0 Å². The molecular weight excluding hydrogens is 210 g/mol. The van der Waals surface area contributed by atoms with E-state index in [2.05, 4.69) is 41.1 Å². The van der Waals surface area contributed by atoms with E-state index in [1.165, 1.54) is 30.8 Å². The number of likely N-dealkylation sites (N-methyl/N-ethyl adjacent to an activating group) is 1. The molecule has 0 aliphatic carbocycles. The van der Waals surface area contributed by atoms with Crippen LogP contribution in [-0.2, 0) is 6.42 Å². The summed E-state index contributed by atoms with van der Waals surface area (Å²) < 4.78 is 0. The van der Waals surface area contributed by atoms with E-state index in [4.69, 9.17) is 5.73 Å². The highest BCUT2D eigenvalue weighted by Crippen LogP contribution is 2.32. The van der Waals surface area contributed by atoms with Crippen LogP contribution in [0.2, 0.25) is 0 Å². The van der Waals surface area contributed by atoms with Gasteiger partial charge in [-0.05, 0) is 44.1 Å². The normalized spacial score (nSPS) is 28.0. The Bertz CT molecular complexity index is 375. The Morgan fingerprint density at radius 3 is 2.35 bits per heavy atom. The molecule has 3 saturated heterocycles. The molecule has 2 unspecified atom stereocenters. The highest BCUT2D eigenvalue weighted by atomic mass is 15.3. The number of nitrogens with zero attached hydrogens (tertiary/aromatic N) is 2. The molecule has 3 nitrogen and oxygen atoms in total. The third kappa shape index (κ3) is 1.94. The van der Waals surface area contributed by atoms with E-state index >= 15 is 0 Å². The Morgan fingerprint density at radius 2 is 1.82 bits per heavy atom. The maximum absolute atomic E-state index is 5.56. The van der Waals surface area contributed by atoms with Crippen LogP contribution in [0, 0.1) is 0 Å². The minimum Gasteiger partial charge on any atom is -0.368 e. The van der Waals surface area contributed by atoms with Crippen molar-refractivity contribution < 1.29 is 0 Å². The minimum absolute atomic E-state index is 0.734. The lowest BCUT2D eigenvalue weighted by atomic mass is 9.88. The monoisotopic (exact) mass is 231 g/mol. The number of anilines is 1.